The number of nitrogens with zero attached hydrogens (tertiary/aromatic N) is 4. The Morgan fingerprint density at radius 3 is 1.25 bits per heavy atom. The van der Waals surface area contributed by atoms with Gasteiger partial charge in [-0.05, 0) is 97.8 Å². The Kier molecular flexibility index (Phi) is 10.1. The average Bonchev–Trinajstić information content (AvgIpc) is 3.14. The molecule has 4 aromatic rings. The standard InChI is InChI=1S/C36H32N10O8S/c1-19-29(31(43-35(37)39-19)21-3-11-25(12-4-21)45(49)50)33(47)41-23-7-15-27(16-8-23)55(53,54)28-17-9-24(10-18-28)42-34(48)30-20(2)40-36(38)44-32(30)22-5-13-26(14-6-22)46(51)52/h3-20H,1-2H3,(H,41,47)(H,42,48)(H3,37,39,43)(H3,38,40,44). The number of carbonyl (C=O) groups excluding carboxylic acids is 2. The van der Waals surface area contributed by atoms with Crippen molar-refractivity contribution in [3.63, 3.8) is 0 Å². The fourth-order valence-corrected chi connectivity index (χ4v) is 7.21. The lowest BCUT2D eigenvalue weighted by Crippen LogP contribution is -2.39. The second-order valence-electron chi connectivity index (χ2n) is 12.3. The van der Waals surface area contributed by atoms with Crippen molar-refractivity contribution in [3.05, 3.63) is 140 Å². The number of carbonyl (C=O) groups is 2. The summed E-state index contributed by atoms with van der Waals surface area (Å²) < 4.78 is 27.1. The highest BCUT2D eigenvalue weighted by molar-refractivity contribution is 7.91. The molecule has 2 unspecified atom stereocenters. The van der Waals surface area contributed by atoms with Gasteiger partial charge < -0.3 is 32.7 Å². The molecule has 4 aromatic carbocycles. The molecule has 2 heterocycles. The van der Waals surface area contributed by atoms with E-state index in [-0.39, 0.29) is 55.6 Å². The highest BCUT2D eigenvalue weighted by Gasteiger charge is 2.29. The van der Waals surface area contributed by atoms with E-state index in [2.05, 4.69) is 31.3 Å². The van der Waals surface area contributed by atoms with Gasteiger partial charge in [0.05, 0.1) is 54.3 Å². The van der Waals surface area contributed by atoms with E-state index in [0.29, 0.717) is 22.5 Å². The van der Waals surface area contributed by atoms with Gasteiger partial charge in [-0.25, -0.2) is 18.4 Å². The largest absolute Gasteiger partial charge is 0.370 e. The number of guanidine groups is 2. The first-order valence-electron chi connectivity index (χ1n) is 16.4. The summed E-state index contributed by atoms with van der Waals surface area (Å²) in [6, 6.07) is 20.8. The van der Waals surface area contributed by atoms with E-state index < -0.39 is 43.6 Å². The molecule has 0 fully saturated rings. The van der Waals surface area contributed by atoms with Gasteiger partial charge in [0, 0.05) is 35.6 Å². The molecule has 0 saturated carbocycles. The molecule has 0 spiro atoms. The number of sulfone groups is 1. The molecule has 55 heavy (non-hydrogen) atoms. The second-order valence-corrected chi connectivity index (χ2v) is 14.2. The first-order valence-corrected chi connectivity index (χ1v) is 17.9. The monoisotopic (exact) mass is 764 g/mol. The van der Waals surface area contributed by atoms with E-state index >= 15 is 0 Å². The molecular weight excluding hydrogens is 733 g/mol. The third-order valence-corrected chi connectivity index (χ3v) is 10.4. The zero-order valence-electron chi connectivity index (χ0n) is 29.0. The molecule has 6 rings (SSSR count). The third kappa shape index (κ3) is 7.86. The van der Waals surface area contributed by atoms with Crippen molar-refractivity contribution in [2.75, 3.05) is 10.6 Å². The molecule has 2 aliphatic heterocycles. The summed E-state index contributed by atoms with van der Waals surface area (Å²) in [6.45, 7) is 3.32. The Bertz CT molecular complexity index is 2290. The molecule has 0 aromatic heterocycles. The van der Waals surface area contributed by atoms with Gasteiger partial charge in [-0.15, -0.1) is 0 Å². The Balaban J connectivity index is 1.17. The summed E-state index contributed by atoms with van der Waals surface area (Å²) in [4.78, 5) is 56.5. The van der Waals surface area contributed by atoms with Gasteiger partial charge in [-0.1, -0.05) is 0 Å². The topological polar surface area (TPSA) is 279 Å². The quantitative estimate of drug-likeness (QED) is 0.0997. The highest BCUT2D eigenvalue weighted by atomic mass is 32.2. The molecule has 280 valence electrons. The number of hydrogen-bond acceptors (Lipinski definition) is 14. The lowest BCUT2D eigenvalue weighted by atomic mass is 9.98. The molecule has 8 N–H and O–H groups in total. The summed E-state index contributed by atoms with van der Waals surface area (Å²) in [5.74, 6) is -0.987. The summed E-state index contributed by atoms with van der Waals surface area (Å²) in [7, 11) is -4.03. The van der Waals surface area contributed by atoms with E-state index in [0.717, 1.165) is 0 Å². The molecule has 0 saturated heterocycles. The minimum Gasteiger partial charge on any atom is -0.370 e. The molecular formula is C36H32N10O8S. The van der Waals surface area contributed by atoms with Gasteiger partial charge in [0.2, 0.25) is 9.84 Å². The average molecular weight is 765 g/mol. The molecule has 2 atom stereocenters. The Hall–Kier alpha value is -7.41. The maximum absolute atomic E-state index is 13.5. The molecule has 19 heteroatoms. The van der Waals surface area contributed by atoms with Gasteiger partial charge in [0.1, 0.15) is 0 Å². The van der Waals surface area contributed by atoms with Crippen LogP contribution in [0.5, 0.6) is 0 Å². The number of nitrogens with two attached hydrogens (primary N) is 2. The third-order valence-electron chi connectivity index (χ3n) is 8.61. The number of nitrogens with one attached hydrogen (secondary N) is 4. The first-order chi connectivity index (χ1) is 26.1. The molecule has 0 radical (unpaired) electrons. The van der Waals surface area contributed by atoms with Crippen LogP contribution in [-0.4, -0.2) is 54.1 Å². The molecule has 0 aliphatic carbocycles. The van der Waals surface area contributed by atoms with Crippen molar-refractivity contribution < 1.29 is 27.9 Å². The number of nitro benzene ring substituents is 2. The number of rotatable bonds is 10. The van der Waals surface area contributed by atoms with Crippen LogP contribution in [0.3, 0.4) is 0 Å². The highest BCUT2D eigenvalue weighted by Crippen LogP contribution is 2.29. The van der Waals surface area contributed by atoms with Crippen LogP contribution in [0.1, 0.15) is 25.0 Å². The fourth-order valence-electron chi connectivity index (χ4n) is 5.95. The van der Waals surface area contributed by atoms with Crippen LogP contribution in [0.2, 0.25) is 0 Å². The molecule has 2 amide bonds. The van der Waals surface area contributed by atoms with Crippen molar-refractivity contribution in [2.24, 2.45) is 21.5 Å². The van der Waals surface area contributed by atoms with E-state index in [1.807, 2.05) is 0 Å². The summed E-state index contributed by atoms with van der Waals surface area (Å²) in [6.07, 6.45) is 0. The van der Waals surface area contributed by atoms with Gasteiger partial charge in [-0.3, -0.25) is 29.8 Å². The van der Waals surface area contributed by atoms with E-state index in [1.165, 1.54) is 97.1 Å². The summed E-state index contributed by atoms with van der Waals surface area (Å²) in [5.41, 5.74) is 14.1. The van der Waals surface area contributed by atoms with Crippen LogP contribution in [0.15, 0.2) is 128 Å². The van der Waals surface area contributed by atoms with Gasteiger partial charge in [0.15, 0.2) is 11.9 Å². The van der Waals surface area contributed by atoms with Gasteiger partial charge >= 0.3 is 0 Å². The van der Waals surface area contributed by atoms with E-state index in [4.69, 9.17) is 11.5 Å². The van der Waals surface area contributed by atoms with Crippen LogP contribution in [0.25, 0.3) is 11.4 Å². The fraction of sp³-hybridized carbons (Fsp3) is 0.111. The number of hydrogen-bond donors (Lipinski definition) is 6. The molecule has 2 aliphatic rings. The van der Waals surface area contributed by atoms with Crippen molar-refractivity contribution in [1.82, 2.24) is 10.6 Å². The number of nitro groups is 2. The van der Waals surface area contributed by atoms with Crippen molar-refractivity contribution in [3.8, 4) is 0 Å². The van der Waals surface area contributed by atoms with Crippen LogP contribution in [0, 0.1) is 20.2 Å². The number of aliphatic imine (C=N–C) groups is 2. The zero-order chi connectivity index (χ0) is 39.6. The van der Waals surface area contributed by atoms with E-state index in [1.54, 1.807) is 13.8 Å². The van der Waals surface area contributed by atoms with Crippen molar-refractivity contribution in [2.45, 2.75) is 35.7 Å². The lowest BCUT2D eigenvalue weighted by Gasteiger charge is -2.24. The molecule has 0 bridgehead atoms. The predicted molar refractivity (Wildman–Crippen MR) is 204 cm³/mol. The maximum atomic E-state index is 13.5. The maximum Gasteiger partial charge on any atom is 0.269 e. The minimum absolute atomic E-state index is 0.0602. The van der Waals surface area contributed by atoms with Crippen LogP contribution >= 0.6 is 0 Å². The van der Waals surface area contributed by atoms with E-state index in [9.17, 15) is 38.2 Å². The predicted octanol–water partition coefficient (Wildman–Crippen LogP) is 3.65. The van der Waals surface area contributed by atoms with Crippen LogP contribution in [0.4, 0.5) is 22.7 Å². The molecule has 18 nitrogen and oxygen atoms in total. The lowest BCUT2D eigenvalue weighted by molar-refractivity contribution is -0.385. The smallest absolute Gasteiger partial charge is 0.269 e. The second kappa shape index (κ2) is 14.9. The summed E-state index contributed by atoms with van der Waals surface area (Å²) >= 11 is 0. The van der Waals surface area contributed by atoms with Crippen LogP contribution in [-0.2, 0) is 19.4 Å². The Morgan fingerprint density at radius 2 is 0.945 bits per heavy atom. The van der Waals surface area contributed by atoms with Crippen molar-refractivity contribution >= 4 is 67.7 Å². The van der Waals surface area contributed by atoms with Gasteiger partial charge in [-0.2, -0.15) is 0 Å². The normalized spacial score (nSPS) is 16.9. The summed E-state index contributed by atoms with van der Waals surface area (Å²) in [5, 5.41) is 33.5. The number of benzene rings is 4. The number of non-ortho nitro benzene ring substituents is 2. The number of anilines is 2. The number of amides is 2. The SMILES string of the molecule is CC1N=C(N)NC(c2ccc([N+](=O)[O-])cc2)=C1C(=O)Nc1ccc(S(=O)(=O)c2ccc(NC(=O)C3=C(c4ccc([N+](=O)[O-])cc4)NC(N)=NC3C)cc2)cc1. The Labute approximate surface area is 313 Å². The van der Waals surface area contributed by atoms with Crippen molar-refractivity contribution in [1.29, 1.82) is 0 Å². The van der Waals surface area contributed by atoms with Crippen LogP contribution < -0.4 is 32.7 Å². The first kappa shape index (κ1) is 37.4. The van der Waals surface area contributed by atoms with Gasteiger partial charge in [0.25, 0.3) is 23.2 Å². The Morgan fingerprint density at radius 1 is 0.618 bits per heavy atom. The zero-order valence-corrected chi connectivity index (χ0v) is 29.8. The minimum atomic E-state index is -4.03.